The fourth-order valence-corrected chi connectivity index (χ4v) is 3.77. The molecule has 0 saturated heterocycles. The van der Waals surface area contributed by atoms with Crippen LogP contribution in [0, 0.1) is 11.8 Å². The number of hydrogen-bond donors (Lipinski definition) is 1. The van der Waals surface area contributed by atoms with Gasteiger partial charge in [0.05, 0.1) is 5.92 Å². The quantitative estimate of drug-likeness (QED) is 0.861. The highest BCUT2D eigenvalue weighted by Crippen LogP contribution is 2.41. The zero-order valence-electron chi connectivity index (χ0n) is 12.9. The fraction of sp³-hybridized carbons (Fsp3) is 0.588. The number of benzene rings is 1. The summed E-state index contributed by atoms with van der Waals surface area (Å²) in [6, 6.07) is 7.34. The molecular formula is C17H21F3N2O. The van der Waals surface area contributed by atoms with Gasteiger partial charge >= 0.3 is 6.18 Å². The van der Waals surface area contributed by atoms with Gasteiger partial charge < -0.3 is 10.6 Å². The zero-order chi connectivity index (χ0) is 16.6. The number of nitrogens with zero attached hydrogens (tertiary/aromatic N) is 1. The molecule has 6 heteroatoms. The van der Waals surface area contributed by atoms with Crippen LogP contribution in [0.3, 0.4) is 0 Å². The molecule has 3 rings (SSSR count). The summed E-state index contributed by atoms with van der Waals surface area (Å²) in [5.41, 5.74) is 7.82. The van der Waals surface area contributed by atoms with E-state index in [2.05, 4.69) is 0 Å². The van der Waals surface area contributed by atoms with Crippen molar-refractivity contribution in [2.45, 2.75) is 44.3 Å². The van der Waals surface area contributed by atoms with E-state index in [1.54, 1.807) is 4.90 Å². The van der Waals surface area contributed by atoms with Gasteiger partial charge in [-0.25, -0.2) is 0 Å². The van der Waals surface area contributed by atoms with E-state index >= 15 is 0 Å². The van der Waals surface area contributed by atoms with Crippen molar-refractivity contribution in [2.75, 3.05) is 11.4 Å². The summed E-state index contributed by atoms with van der Waals surface area (Å²) in [5, 5.41) is 0. The van der Waals surface area contributed by atoms with E-state index in [9.17, 15) is 18.0 Å². The Hall–Kier alpha value is -1.56. The number of alkyl halides is 3. The van der Waals surface area contributed by atoms with Gasteiger partial charge in [-0.3, -0.25) is 4.79 Å². The van der Waals surface area contributed by atoms with Crippen LogP contribution < -0.4 is 10.6 Å². The molecule has 0 bridgehead atoms. The first-order valence-electron chi connectivity index (χ1n) is 8.08. The highest BCUT2D eigenvalue weighted by molar-refractivity contribution is 5.96. The summed E-state index contributed by atoms with van der Waals surface area (Å²) in [5.74, 6) is -2.13. The number of nitrogens with two attached hydrogens (primary N) is 1. The highest BCUT2D eigenvalue weighted by atomic mass is 19.4. The minimum absolute atomic E-state index is 0.101. The van der Waals surface area contributed by atoms with Crippen molar-refractivity contribution in [1.82, 2.24) is 0 Å². The molecule has 1 aromatic carbocycles. The van der Waals surface area contributed by atoms with E-state index in [0.29, 0.717) is 25.8 Å². The van der Waals surface area contributed by atoms with Gasteiger partial charge in [0, 0.05) is 24.2 Å². The van der Waals surface area contributed by atoms with Crippen molar-refractivity contribution >= 4 is 11.6 Å². The Morgan fingerprint density at radius 3 is 2.70 bits per heavy atom. The summed E-state index contributed by atoms with van der Waals surface area (Å²) in [7, 11) is 0. The third-order valence-electron chi connectivity index (χ3n) is 4.93. The van der Waals surface area contributed by atoms with Crippen LogP contribution in [0.15, 0.2) is 24.3 Å². The van der Waals surface area contributed by atoms with Crippen molar-refractivity contribution in [3.05, 3.63) is 29.8 Å². The number of anilines is 1. The van der Waals surface area contributed by atoms with Crippen molar-refractivity contribution < 1.29 is 18.0 Å². The molecule has 3 atom stereocenters. The van der Waals surface area contributed by atoms with E-state index in [1.165, 1.54) is 0 Å². The number of carbonyl (C=O) groups is 1. The molecule has 0 radical (unpaired) electrons. The molecule has 1 heterocycles. The number of amides is 1. The molecule has 2 aliphatic rings. The van der Waals surface area contributed by atoms with Crippen LogP contribution in [0.5, 0.6) is 0 Å². The predicted octanol–water partition coefficient (Wildman–Crippen LogP) is 3.27. The molecule has 1 aromatic rings. The average Bonchev–Trinajstić information content (AvgIpc) is 2.52. The molecule has 1 saturated carbocycles. The van der Waals surface area contributed by atoms with Gasteiger partial charge in [-0.15, -0.1) is 0 Å². The van der Waals surface area contributed by atoms with Crippen molar-refractivity contribution in [3.63, 3.8) is 0 Å². The lowest BCUT2D eigenvalue weighted by Gasteiger charge is -2.37. The lowest BCUT2D eigenvalue weighted by atomic mass is 9.80. The Morgan fingerprint density at radius 1 is 1.22 bits per heavy atom. The monoisotopic (exact) mass is 326 g/mol. The number of hydrogen-bond acceptors (Lipinski definition) is 2. The third-order valence-corrected chi connectivity index (χ3v) is 4.93. The summed E-state index contributed by atoms with van der Waals surface area (Å²) in [6.07, 6.45) is -2.52. The smallest absolute Gasteiger partial charge is 0.326 e. The second-order valence-electron chi connectivity index (χ2n) is 6.64. The summed E-state index contributed by atoms with van der Waals surface area (Å²) < 4.78 is 38.9. The molecule has 3 nitrogen and oxygen atoms in total. The van der Waals surface area contributed by atoms with Crippen molar-refractivity contribution in [3.8, 4) is 0 Å². The standard InChI is InChI=1S/C17H21F3N2O/c18-17(19,20)13-6-3-5-12(8-13)16(23)22-10-14(21)9-11-4-1-2-7-15(11)22/h1-2,4,7,12-14H,3,5-6,8-10,21H2. The Labute approximate surface area is 133 Å². The molecule has 1 amide bonds. The lowest BCUT2D eigenvalue weighted by molar-refractivity contribution is -0.186. The summed E-state index contributed by atoms with van der Waals surface area (Å²) >= 11 is 0. The first-order chi connectivity index (χ1) is 10.9. The Bertz CT molecular complexity index is 587. The second-order valence-corrected chi connectivity index (χ2v) is 6.64. The summed E-state index contributed by atoms with van der Waals surface area (Å²) in [6.45, 7) is 0.378. The van der Waals surface area contributed by atoms with Crippen LogP contribution in [-0.2, 0) is 11.2 Å². The van der Waals surface area contributed by atoms with Crippen LogP contribution in [0.1, 0.15) is 31.2 Å². The van der Waals surface area contributed by atoms with Gasteiger partial charge in [0.2, 0.25) is 5.91 Å². The van der Waals surface area contributed by atoms with E-state index in [0.717, 1.165) is 11.3 Å². The van der Waals surface area contributed by atoms with Gasteiger partial charge in [0.1, 0.15) is 0 Å². The zero-order valence-corrected chi connectivity index (χ0v) is 12.9. The van der Waals surface area contributed by atoms with Gasteiger partial charge in [0.15, 0.2) is 0 Å². The maximum absolute atomic E-state index is 13.0. The SMILES string of the molecule is NC1Cc2ccccc2N(C(=O)C2CCCC(C(F)(F)F)C2)C1. The minimum atomic E-state index is -4.21. The number of rotatable bonds is 1. The van der Waals surface area contributed by atoms with Crippen LogP contribution >= 0.6 is 0 Å². The van der Waals surface area contributed by atoms with Crippen molar-refractivity contribution in [1.29, 1.82) is 0 Å². The molecule has 1 aliphatic carbocycles. The minimum Gasteiger partial charge on any atom is -0.326 e. The molecule has 2 N–H and O–H groups in total. The first-order valence-corrected chi connectivity index (χ1v) is 8.08. The lowest BCUT2D eigenvalue weighted by Crippen LogP contribution is -2.49. The van der Waals surface area contributed by atoms with E-state index in [1.807, 2.05) is 24.3 Å². The predicted molar refractivity (Wildman–Crippen MR) is 82.0 cm³/mol. The number of para-hydroxylation sites is 1. The Morgan fingerprint density at radius 2 is 1.96 bits per heavy atom. The van der Waals surface area contributed by atoms with Crippen LogP contribution in [-0.4, -0.2) is 24.7 Å². The number of halogens is 3. The van der Waals surface area contributed by atoms with Crippen LogP contribution in [0.25, 0.3) is 0 Å². The Kier molecular flexibility index (Phi) is 4.36. The van der Waals surface area contributed by atoms with Crippen LogP contribution in [0.2, 0.25) is 0 Å². The topological polar surface area (TPSA) is 46.3 Å². The van der Waals surface area contributed by atoms with E-state index in [-0.39, 0.29) is 24.8 Å². The fourth-order valence-electron chi connectivity index (χ4n) is 3.77. The van der Waals surface area contributed by atoms with Crippen molar-refractivity contribution in [2.24, 2.45) is 17.6 Å². The number of carbonyl (C=O) groups excluding carboxylic acids is 1. The summed E-state index contributed by atoms with van der Waals surface area (Å²) in [4.78, 5) is 14.4. The normalized spacial score (nSPS) is 28.3. The molecular weight excluding hydrogens is 305 g/mol. The maximum Gasteiger partial charge on any atom is 0.391 e. The van der Waals surface area contributed by atoms with E-state index in [4.69, 9.17) is 5.73 Å². The largest absolute Gasteiger partial charge is 0.391 e. The molecule has 1 aliphatic heterocycles. The van der Waals surface area contributed by atoms with Gasteiger partial charge in [-0.05, 0) is 37.3 Å². The average molecular weight is 326 g/mol. The Balaban J connectivity index is 1.80. The highest BCUT2D eigenvalue weighted by Gasteiger charge is 2.44. The molecule has 126 valence electrons. The van der Waals surface area contributed by atoms with Gasteiger partial charge in [0.25, 0.3) is 0 Å². The van der Waals surface area contributed by atoms with Crippen LogP contribution in [0.4, 0.5) is 18.9 Å². The molecule has 0 spiro atoms. The molecule has 23 heavy (non-hydrogen) atoms. The molecule has 1 fully saturated rings. The van der Waals surface area contributed by atoms with Gasteiger partial charge in [-0.2, -0.15) is 13.2 Å². The van der Waals surface area contributed by atoms with E-state index < -0.39 is 18.0 Å². The first kappa shape index (κ1) is 16.3. The number of fused-ring (bicyclic) bond motifs is 1. The van der Waals surface area contributed by atoms with Gasteiger partial charge in [-0.1, -0.05) is 24.6 Å². The second kappa shape index (κ2) is 6.15. The third kappa shape index (κ3) is 3.37. The maximum atomic E-state index is 13.0. The molecule has 3 unspecified atom stereocenters. The molecule has 0 aromatic heterocycles.